The number of nitrogens with one attached hydrogen (secondary N) is 2. The molecule has 7 nitrogen and oxygen atoms in total. The minimum Gasteiger partial charge on any atom is -0.478 e. The molecule has 0 unspecified atom stereocenters. The van der Waals surface area contributed by atoms with Gasteiger partial charge in [-0.05, 0) is 12.1 Å². The maximum atomic E-state index is 14.0. The van der Waals surface area contributed by atoms with Gasteiger partial charge in [0.1, 0.15) is 10.7 Å². The standard InChI is InChI=1S/C11H9BrFN3O4S/c12-6-3-7(11(17)18)10(13)8(4-6)21(19,20)16-5-9-14-1-2-15-9/h1-4,16H,5H2,(H,14,15)(H,17,18). The molecule has 2 aromatic rings. The molecular formula is C11H9BrFN3O4S. The summed E-state index contributed by atoms with van der Waals surface area (Å²) in [4.78, 5) is 16.7. The number of halogens is 2. The maximum Gasteiger partial charge on any atom is 0.338 e. The quantitative estimate of drug-likeness (QED) is 0.730. The highest BCUT2D eigenvalue weighted by molar-refractivity contribution is 9.10. The van der Waals surface area contributed by atoms with E-state index in [2.05, 4.69) is 30.6 Å². The van der Waals surface area contributed by atoms with Crippen LogP contribution in [0.2, 0.25) is 0 Å². The lowest BCUT2D eigenvalue weighted by Gasteiger charge is -2.09. The molecule has 10 heteroatoms. The van der Waals surface area contributed by atoms with Crippen LogP contribution in [0.25, 0.3) is 0 Å². The predicted molar refractivity (Wildman–Crippen MR) is 73.7 cm³/mol. The van der Waals surface area contributed by atoms with Crippen molar-refractivity contribution in [3.63, 3.8) is 0 Å². The molecule has 0 saturated heterocycles. The lowest BCUT2D eigenvalue weighted by atomic mass is 10.2. The molecule has 1 heterocycles. The maximum absolute atomic E-state index is 14.0. The van der Waals surface area contributed by atoms with Gasteiger partial charge in [-0.25, -0.2) is 27.3 Å². The van der Waals surface area contributed by atoms with Gasteiger partial charge in [0.25, 0.3) is 0 Å². The Labute approximate surface area is 127 Å². The lowest BCUT2D eigenvalue weighted by molar-refractivity contribution is 0.0691. The second-order valence-corrected chi connectivity index (χ2v) is 6.58. The Morgan fingerprint density at radius 2 is 2.19 bits per heavy atom. The van der Waals surface area contributed by atoms with Crippen molar-refractivity contribution >= 4 is 31.9 Å². The third kappa shape index (κ3) is 3.46. The number of benzene rings is 1. The predicted octanol–water partition coefficient (Wildman–Crippen LogP) is 1.49. The Balaban J connectivity index is 2.37. The molecule has 1 aromatic heterocycles. The van der Waals surface area contributed by atoms with Crippen molar-refractivity contribution in [2.24, 2.45) is 0 Å². The number of H-pyrrole nitrogens is 1. The highest BCUT2D eigenvalue weighted by Gasteiger charge is 2.25. The van der Waals surface area contributed by atoms with E-state index in [0.29, 0.717) is 5.82 Å². The van der Waals surface area contributed by atoms with Gasteiger partial charge in [-0.3, -0.25) is 0 Å². The average molecular weight is 378 g/mol. The molecule has 3 N–H and O–H groups in total. The Kier molecular flexibility index (Phi) is 4.40. The second-order valence-electron chi connectivity index (χ2n) is 3.93. The molecule has 2 rings (SSSR count). The number of hydrogen-bond donors (Lipinski definition) is 3. The Hall–Kier alpha value is -1.78. The van der Waals surface area contributed by atoms with Crippen molar-refractivity contribution in [1.29, 1.82) is 0 Å². The zero-order valence-electron chi connectivity index (χ0n) is 10.3. The van der Waals surface area contributed by atoms with Gasteiger partial charge in [0.05, 0.1) is 12.1 Å². The number of hydrogen-bond acceptors (Lipinski definition) is 4. The molecule has 0 amide bonds. The first-order valence-electron chi connectivity index (χ1n) is 5.51. The van der Waals surface area contributed by atoms with Gasteiger partial charge in [-0.1, -0.05) is 15.9 Å². The Morgan fingerprint density at radius 3 is 2.76 bits per heavy atom. The zero-order chi connectivity index (χ0) is 15.6. The molecule has 0 fully saturated rings. The van der Waals surface area contributed by atoms with Crippen LogP contribution in [0.1, 0.15) is 16.2 Å². The number of aromatic carboxylic acids is 1. The smallest absolute Gasteiger partial charge is 0.338 e. The number of aromatic amines is 1. The summed E-state index contributed by atoms with van der Waals surface area (Å²) in [7, 11) is -4.22. The van der Waals surface area contributed by atoms with E-state index in [1.54, 1.807) is 0 Å². The Morgan fingerprint density at radius 1 is 1.48 bits per heavy atom. The summed E-state index contributed by atoms with van der Waals surface area (Å²) in [5, 5.41) is 8.87. The number of rotatable bonds is 5. The number of carboxylic acids is 1. The van der Waals surface area contributed by atoms with Crippen LogP contribution in [0.15, 0.2) is 33.9 Å². The van der Waals surface area contributed by atoms with E-state index in [4.69, 9.17) is 5.11 Å². The number of nitrogens with zero attached hydrogens (tertiary/aromatic N) is 1. The van der Waals surface area contributed by atoms with Gasteiger partial charge in [0, 0.05) is 16.9 Å². The summed E-state index contributed by atoms with van der Waals surface area (Å²) in [6.07, 6.45) is 2.94. The summed E-state index contributed by atoms with van der Waals surface area (Å²) in [5.41, 5.74) is -0.734. The molecule has 0 aliphatic heterocycles. The van der Waals surface area contributed by atoms with Crippen LogP contribution in [0.4, 0.5) is 4.39 Å². The van der Waals surface area contributed by atoms with Crippen LogP contribution >= 0.6 is 15.9 Å². The SMILES string of the molecule is O=C(O)c1cc(Br)cc(S(=O)(=O)NCc2ncc[nH]2)c1F. The summed E-state index contributed by atoms with van der Waals surface area (Å²) in [6, 6.07) is 1.98. The molecular weight excluding hydrogens is 369 g/mol. The molecule has 0 spiro atoms. The number of sulfonamides is 1. The summed E-state index contributed by atoms with van der Waals surface area (Å²) >= 11 is 2.96. The molecule has 0 saturated carbocycles. The first-order valence-corrected chi connectivity index (χ1v) is 7.79. The lowest BCUT2D eigenvalue weighted by Crippen LogP contribution is -2.25. The van der Waals surface area contributed by atoms with E-state index < -0.39 is 32.3 Å². The van der Waals surface area contributed by atoms with Crippen molar-refractivity contribution < 1.29 is 22.7 Å². The van der Waals surface area contributed by atoms with E-state index in [0.717, 1.165) is 12.1 Å². The van der Waals surface area contributed by atoms with E-state index >= 15 is 0 Å². The fraction of sp³-hybridized carbons (Fsp3) is 0.0909. The Bertz CT molecular complexity index is 777. The fourth-order valence-corrected chi connectivity index (χ4v) is 3.27. The second kappa shape index (κ2) is 5.92. The van der Waals surface area contributed by atoms with Gasteiger partial charge < -0.3 is 10.1 Å². The van der Waals surface area contributed by atoms with Crippen LogP contribution < -0.4 is 4.72 Å². The van der Waals surface area contributed by atoms with Crippen molar-refractivity contribution in [2.75, 3.05) is 0 Å². The monoisotopic (exact) mass is 377 g/mol. The zero-order valence-corrected chi connectivity index (χ0v) is 12.7. The molecule has 112 valence electrons. The highest BCUT2D eigenvalue weighted by atomic mass is 79.9. The molecule has 0 bridgehead atoms. The summed E-state index contributed by atoms with van der Waals surface area (Å²) in [6.45, 7) is -0.177. The van der Waals surface area contributed by atoms with Crippen LogP contribution in [0.5, 0.6) is 0 Å². The topological polar surface area (TPSA) is 112 Å². The van der Waals surface area contributed by atoms with Gasteiger partial charge >= 0.3 is 5.97 Å². The number of carbonyl (C=O) groups is 1. The van der Waals surface area contributed by atoms with Crippen LogP contribution in [-0.4, -0.2) is 29.5 Å². The van der Waals surface area contributed by atoms with Crippen LogP contribution in [0.3, 0.4) is 0 Å². The van der Waals surface area contributed by atoms with Gasteiger partial charge in [-0.2, -0.15) is 0 Å². The minimum absolute atomic E-state index is 0.139. The molecule has 0 aliphatic carbocycles. The molecule has 0 atom stereocenters. The highest BCUT2D eigenvalue weighted by Crippen LogP contribution is 2.24. The van der Waals surface area contributed by atoms with Crippen molar-refractivity contribution in [3.05, 3.63) is 46.2 Å². The summed E-state index contributed by atoms with van der Waals surface area (Å²) < 4.78 is 40.4. The van der Waals surface area contributed by atoms with E-state index in [-0.39, 0.29) is 11.0 Å². The first kappa shape index (κ1) is 15.6. The largest absolute Gasteiger partial charge is 0.478 e. The molecule has 0 aliphatic rings. The van der Waals surface area contributed by atoms with E-state index in [9.17, 15) is 17.6 Å². The van der Waals surface area contributed by atoms with Crippen LogP contribution in [0, 0.1) is 5.82 Å². The van der Waals surface area contributed by atoms with Crippen molar-refractivity contribution in [2.45, 2.75) is 11.4 Å². The molecule has 21 heavy (non-hydrogen) atoms. The van der Waals surface area contributed by atoms with E-state index in [1.807, 2.05) is 0 Å². The molecule has 1 aromatic carbocycles. The van der Waals surface area contributed by atoms with E-state index in [1.165, 1.54) is 12.4 Å². The fourth-order valence-electron chi connectivity index (χ4n) is 1.55. The van der Waals surface area contributed by atoms with Crippen molar-refractivity contribution in [3.8, 4) is 0 Å². The molecule has 0 radical (unpaired) electrons. The number of imidazole rings is 1. The third-order valence-electron chi connectivity index (χ3n) is 2.51. The number of carboxylic acid groups (broad SMARTS) is 1. The average Bonchev–Trinajstić information content (AvgIpc) is 2.91. The van der Waals surface area contributed by atoms with Gasteiger partial charge in [0.2, 0.25) is 10.0 Å². The number of aromatic nitrogens is 2. The minimum atomic E-state index is -4.22. The third-order valence-corrected chi connectivity index (χ3v) is 4.37. The van der Waals surface area contributed by atoms with Gasteiger partial charge in [-0.15, -0.1) is 0 Å². The normalized spacial score (nSPS) is 11.5. The van der Waals surface area contributed by atoms with Gasteiger partial charge in [0.15, 0.2) is 5.82 Å². The summed E-state index contributed by atoms with van der Waals surface area (Å²) in [5.74, 6) is -2.54. The van der Waals surface area contributed by atoms with Crippen LogP contribution in [-0.2, 0) is 16.6 Å². The first-order chi connectivity index (χ1) is 9.81. The van der Waals surface area contributed by atoms with Crippen molar-refractivity contribution in [1.82, 2.24) is 14.7 Å².